The van der Waals surface area contributed by atoms with E-state index in [4.69, 9.17) is 4.74 Å². The molecule has 5 heterocycles. The third-order valence-corrected chi connectivity index (χ3v) is 6.77. The van der Waals surface area contributed by atoms with Gasteiger partial charge in [0.05, 0.1) is 6.04 Å². The van der Waals surface area contributed by atoms with Gasteiger partial charge in [-0.15, -0.1) is 0 Å². The molecule has 3 saturated heterocycles. The quantitative estimate of drug-likeness (QED) is 0.632. The second kappa shape index (κ2) is 6.71. The summed E-state index contributed by atoms with van der Waals surface area (Å²) >= 11 is 0. The molecule has 0 saturated carbocycles. The molecule has 0 aliphatic carbocycles. The molecule has 31 heavy (non-hydrogen) atoms. The number of fused-ring (bicyclic) bond motifs is 2. The van der Waals surface area contributed by atoms with Crippen LogP contribution < -0.4 is 4.90 Å². The maximum atomic E-state index is 13.8. The predicted octanol–water partition coefficient (Wildman–Crippen LogP) is 3.07. The number of nitrogens with zero attached hydrogens (tertiary/aromatic N) is 5. The Labute approximate surface area is 177 Å². The van der Waals surface area contributed by atoms with Crippen molar-refractivity contribution in [1.82, 2.24) is 19.5 Å². The Morgan fingerprint density at radius 1 is 1.10 bits per heavy atom. The molecule has 1 amide bonds. The summed E-state index contributed by atoms with van der Waals surface area (Å²) < 4.78 is 35.6. The maximum Gasteiger partial charge on any atom is 0.257 e. The van der Waals surface area contributed by atoms with Gasteiger partial charge in [-0.1, -0.05) is 0 Å². The molecule has 3 fully saturated rings. The maximum absolute atomic E-state index is 13.8. The molecule has 160 valence electrons. The van der Waals surface area contributed by atoms with Crippen LogP contribution in [-0.4, -0.2) is 50.3 Å². The van der Waals surface area contributed by atoms with E-state index in [-0.39, 0.29) is 18.2 Å². The number of piperidine rings is 1. The van der Waals surface area contributed by atoms with Crippen molar-refractivity contribution in [1.29, 1.82) is 0 Å². The standard InChI is InChI=1S/C22H21F2N5O2/c23-15-10-14(11-16(24)12-15)17-3-4-19-29(17)21(30)22(31-19)5-8-27(9-6-22)20-18-2-1-7-28(18)26-13-25-20/h1-2,7,10-13,17,19H,3-6,8-9H2/t17-,19+/m0/s1. The minimum Gasteiger partial charge on any atom is -0.355 e. The summed E-state index contributed by atoms with van der Waals surface area (Å²) in [6, 6.07) is 7.01. The van der Waals surface area contributed by atoms with E-state index in [1.165, 1.54) is 18.5 Å². The molecule has 0 bridgehead atoms. The number of benzene rings is 1. The van der Waals surface area contributed by atoms with Gasteiger partial charge in [-0.25, -0.2) is 18.3 Å². The minimum atomic E-state index is -0.878. The van der Waals surface area contributed by atoms with Gasteiger partial charge in [0.2, 0.25) is 0 Å². The molecular weight excluding hydrogens is 404 g/mol. The monoisotopic (exact) mass is 425 g/mol. The van der Waals surface area contributed by atoms with Crippen LogP contribution in [0.4, 0.5) is 14.6 Å². The van der Waals surface area contributed by atoms with Crippen LogP contribution in [0.1, 0.15) is 37.3 Å². The van der Waals surface area contributed by atoms with E-state index in [9.17, 15) is 13.6 Å². The molecule has 0 radical (unpaired) electrons. The Morgan fingerprint density at radius 2 is 1.87 bits per heavy atom. The molecule has 7 nitrogen and oxygen atoms in total. The van der Waals surface area contributed by atoms with Crippen LogP contribution in [0.15, 0.2) is 42.9 Å². The number of rotatable bonds is 2. The Balaban J connectivity index is 1.24. The van der Waals surface area contributed by atoms with Gasteiger partial charge in [-0.3, -0.25) is 4.79 Å². The average molecular weight is 425 g/mol. The molecule has 3 aliphatic rings. The Morgan fingerprint density at radius 3 is 2.65 bits per heavy atom. The predicted molar refractivity (Wildman–Crippen MR) is 107 cm³/mol. The van der Waals surface area contributed by atoms with Gasteiger partial charge in [0.25, 0.3) is 5.91 Å². The topological polar surface area (TPSA) is 63.0 Å². The molecule has 0 N–H and O–H groups in total. The van der Waals surface area contributed by atoms with Crippen molar-refractivity contribution in [2.75, 3.05) is 18.0 Å². The van der Waals surface area contributed by atoms with Gasteiger partial charge in [-0.05, 0) is 42.7 Å². The van der Waals surface area contributed by atoms with Crippen molar-refractivity contribution in [3.63, 3.8) is 0 Å². The van der Waals surface area contributed by atoms with Crippen LogP contribution in [0.25, 0.3) is 5.52 Å². The number of ether oxygens (including phenoxy) is 1. The first-order chi connectivity index (χ1) is 15.0. The first-order valence-electron chi connectivity index (χ1n) is 10.5. The second-order valence-corrected chi connectivity index (χ2v) is 8.48. The average Bonchev–Trinajstić information content (AvgIpc) is 3.45. The van der Waals surface area contributed by atoms with E-state index < -0.39 is 17.2 Å². The summed E-state index contributed by atoms with van der Waals surface area (Å²) in [6.07, 6.45) is 5.44. The number of amides is 1. The van der Waals surface area contributed by atoms with E-state index >= 15 is 0 Å². The van der Waals surface area contributed by atoms with E-state index in [0.717, 1.165) is 17.4 Å². The summed E-state index contributed by atoms with van der Waals surface area (Å²) in [4.78, 5) is 21.8. The van der Waals surface area contributed by atoms with Crippen LogP contribution in [0.2, 0.25) is 0 Å². The zero-order valence-corrected chi connectivity index (χ0v) is 16.7. The van der Waals surface area contributed by atoms with E-state index in [1.54, 1.807) is 9.42 Å². The van der Waals surface area contributed by atoms with Crippen molar-refractivity contribution in [3.8, 4) is 0 Å². The zero-order chi connectivity index (χ0) is 21.2. The number of aromatic nitrogens is 3. The summed E-state index contributed by atoms with van der Waals surface area (Å²) in [5, 5.41) is 4.21. The largest absolute Gasteiger partial charge is 0.355 e. The molecule has 1 aromatic carbocycles. The van der Waals surface area contributed by atoms with Crippen LogP contribution in [-0.2, 0) is 9.53 Å². The Kier molecular flexibility index (Phi) is 4.05. The fourth-order valence-corrected chi connectivity index (χ4v) is 5.32. The number of halogens is 2. The lowest BCUT2D eigenvalue weighted by Crippen LogP contribution is -2.50. The second-order valence-electron chi connectivity index (χ2n) is 8.48. The minimum absolute atomic E-state index is 0.0696. The third kappa shape index (κ3) is 2.83. The Bertz CT molecular complexity index is 1150. The van der Waals surface area contributed by atoms with Gasteiger partial charge in [0.1, 0.15) is 29.7 Å². The summed E-state index contributed by atoms with van der Waals surface area (Å²) in [7, 11) is 0. The number of hydrogen-bond donors (Lipinski definition) is 0. The first kappa shape index (κ1) is 18.7. The summed E-state index contributed by atoms with van der Waals surface area (Å²) in [5.41, 5.74) is 0.533. The van der Waals surface area contributed by atoms with Gasteiger partial charge < -0.3 is 14.5 Å². The molecule has 1 spiro atoms. The van der Waals surface area contributed by atoms with Crippen molar-refractivity contribution in [2.24, 2.45) is 0 Å². The van der Waals surface area contributed by atoms with Crippen LogP contribution in [0.5, 0.6) is 0 Å². The van der Waals surface area contributed by atoms with Crippen molar-refractivity contribution < 1.29 is 18.3 Å². The normalized spacial score (nSPS) is 25.0. The highest BCUT2D eigenvalue weighted by molar-refractivity contribution is 5.88. The highest BCUT2D eigenvalue weighted by atomic mass is 19.1. The smallest absolute Gasteiger partial charge is 0.257 e. The van der Waals surface area contributed by atoms with Gasteiger partial charge in [-0.2, -0.15) is 5.10 Å². The van der Waals surface area contributed by atoms with Crippen molar-refractivity contribution in [3.05, 3.63) is 60.1 Å². The SMILES string of the molecule is O=C1N2[C@@H](CC[C@H]2c2cc(F)cc(F)c2)OC12CCN(c1ncnn3cccc13)CC2. The number of carbonyl (C=O) groups is 1. The fraction of sp³-hybridized carbons (Fsp3) is 0.409. The summed E-state index contributed by atoms with van der Waals surface area (Å²) in [6.45, 7) is 1.26. The number of anilines is 1. The molecule has 2 aromatic heterocycles. The molecule has 9 heteroatoms. The van der Waals surface area contributed by atoms with Crippen LogP contribution in [0, 0.1) is 11.6 Å². The van der Waals surface area contributed by atoms with E-state index in [0.29, 0.717) is 44.3 Å². The van der Waals surface area contributed by atoms with Gasteiger partial charge in [0.15, 0.2) is 11.4 Å². The van der Waals surface area contributed by atoms with Crippen LogP contribution in [0.3, 0.4) is 0 Å². The number of hydrogen-bond acceptors (Lipinski definition) is 5. The number of carbonyl (C=O) groups excluding carboxylic acids is 1. The first-order valence-corrected chi connectivity index (χ1v) is 10.5. The van der Waals surface area contributed by atoms with Crippen molar-refractivity contribution in [2.45, 2.75) is 43.6 Å². The molecule has 6 rings (SSSR count). The molecular formula is C22H21F2N5O2. The lowest BCUT2D eigenvalue weighted by Gasteiger charge is -2.38. The highest BCUT2D eigenvalue weighted by Crippen LogP contribution is 2.48. The lowest BCUT2D eigenvalue weighted by atomic mass is 9.89. The van der Waals surface area contributed by atoms with E-state index in [2.05, 4.69) is 15.0 Å². The Hall–Kier alpha value is -3.07. The fourth-order valence-electron chi connectivity index (χ4n) is 5.32. The molecule has 0 unspecified atom stereocenters. The lowest BCUT2D eigenvalue weighted by molar-refractivity contribution is -0.140. The third-order valence-electron chi connectivity index (χ3n) is 6.77. The zero-order valence-electron chi connectivity index (χ0n) is 16.7. The summed E-state index contributed by atoms with van der Waals surface area (Å²) in [5.74, 6) is -0.486. The van der Waals surface area contributed by atoms with Crippen LogP contribution >= 0.6 is 0 Å². The van der Waals surface area contributed by atoms with Gasteiger partial charge >= 0.3 is 0 Å². The van der Waals surface area contributed by atoms with Gasteiger partial charge in [0, 0.05) is 38.2 Å². The molecule has 2 atom stereocenters. The van der Waals surface area contributed by atoms with Crippen molar-refractivity contribution >= 4 is 17.2 Å². The molecule has 3 aromatic rings. The molecule has 3 aliphatic heterocycles. The highest BCUT2D eigenvalue weighted by Gasteiger charge is 2.58. The van der Waals surface area contributed by atoms with E-state index in [1.807, 2.05) is 18.3 Å².